The summed E-state index contributed by atoms with van der Waals surface area (Å²) in [6.45, 7) is 1.21. The van der Waals surface area contributed by atoms with E-state index in [0.29, 0.717) is 25.0 Å². The molecule has 0 radical (unpaired) electrons. The lowest BCUT2D eigenvalue weighted by Gasteiger charge is -2.34. The number of hydrogen-bond acceptors (Lipinski definition) is 4. The Hall–Kier alpha value is -0.610. The van der Waals surface area contributed by atoms with Crippen LogP contribution in [0, 0.1) is 5.92 Å². The quantitative estimate of drug-likeness (QED) is 0.629. The molecule has 0 aromatic heterocycles. The molecule has 1 aliphatic carbocycles. The first kappa shape index (κ1) is 10.5. The second kappa shape index (κ2) is 5.19. The molecule has 1 aliphatic rings. The Bertz CT molecular complexity index is 166. The summed E-state index contributed by atoms with van der Waals surface area (Å²) in [7, 11) is 1.39. The zero-order chi connectivity index (χ0) is 9.68. The average Bonchev–Trinajstić information content (AvgIpc) is 2.08. The highest BCUT2D eigenvalue weighted by Gasteiger charge is 2.28. The Labute approximate surface area is 78.4 Å². The average molecular weight is 187 g/mol. The number of rotatable bonds is 5. The van der Waals surface area contributed by atoms with E-state index in [9.17, 15) is 4.79 Å². The van der Waals surface area contributed by atoms with Gasteiger partial charge in [-0.15, -0.1) is 0 Å². The summed E-state index contributed by atoms with van der Waals surface area (Å²) < 4.78 is 9.91. The van der Waals surface area contributed by atoms with Gasteiger partial charge in [0.05, 0.1) is 26.2 Å². The summed E-state index contributed by atoms with van der Waals surface area (Å²) in [5.74, 6) is 0.415. The molecule has 4 heteroatoms. The van der Waals surface area contributed by atoms with E-state index < -0.39 is 0 Å². The highest BCUT2D eigenvalue weighted by Crippen LogP contribution is 2.28. The normalized spacial score (nSPS) is 26.6. The minimum Gasteiger partial charge on any atom is -0.469 e. The van der Waals surface area contributed by atoms with Crippen molar-refractivity contribution >= 4 is 5.97 Å². The number of esters is 1. The van der Waals surface area contributed by atoms with Gasteiger partial charge >= 0.3 is 5.97 Å². The Morgan fingerprint density at radius 3 is 2.77 bits per heavy atom. The molecular weight excluding hydrogens is 170 g/mol. The van der Waals surface area contributed by atoms with E-state index in [0.717, 1.165) is 19.4 Å². The van der Waals surface area contributed by atoms with Crippen LogP contribution >= 0.6 is 0 Å². The predicted octanol–water partition coefficient (Wildman–Crippen LogP) is 0.303. The molecular formula is C9H17NO3. The molecule has 1 rings (SSSR count). The molecule has 0 saturated heterocycles. The van der Waals surface area contributed by atoms with Gasteiger partial charge in [-0.05, 0) is 25.3 Å². The number of nitrogens with two attached hydrogens (primary N) is 1. The van der Waals surface area contributed by atoms with Crippen LogP contribution < -0.4 is 5.73 Å². The second-order valence-electron chi connectivity index (χ2n) is 3.39. The molecule has 0 bridgehead atoms. The molecule has 4 nitrogen and oxygen atoms in total. The SMILES string of the molecule is COC(=O)CCOC1CC(CN)C1. The van der Waals surface area contributed by atoms with E-state index in [1.807, 2.05) is 0 Å². The van der Waals surface area contributed by atoms with Gasteiger partial charge in [0, 0.05) is 0 Å². The molecule has 0 aromatic rings. The zero-order valence-corrected chi connectivity index (χ0v) is 7.99. The molecule has 0 unspecified atom stereocenters. The van der Waals surface area contributed by atoms with Crippen LogP contribution in [0.4, 0.5) is 0 Å². The van der Waals surface area contributed by atoms with Crippen molar-refractivity contribution in [3.8, 4) is 0 Å². The van der Waals surface area contributed by atoms with Gasteiger partial charge in [-0.2, -0.15) is 0 Å². The third-order valence-corrected chi connectivity index (χ3v) is 2.41. The van der Waals surface area contributed by atoms with Crippen molar-refractivity contribution in [2.45, 2.75) is 25.4 Å². The van der Waals surface area contributed by atoms with Crippen LogP contribution in [-0.2, 0) is 14.3 Å². The maximum absolute atomic E-state index is 10.7. The lowest BCUT2D eigenvalue weighted by atomic mass is 9.82. The lowest BCUT2D eigenvalue weighted by molar-refractivity contribution is -0.143. The van der Waals surface area contributed by atoms with E-state index in [2.05, 4.69) is 4.74 Å². The predicted molar refractivity (Wildman–Crippen MR) is 48.2 cm³/mol. The highest BCUT2D eigenvalue weighted by atomic mass is 16.5. The zero-order valence-electron chi connectivity index (χ0n) is 7.99. The van der Waals surface area contributed by atoms with E-state index in [1.54, 1.807) is 0 Å². The summed E-state index contributed by atoms with van der Waals surface area (Å²) in [5.41, 5.74) is 5.46. The van der Waals surface area contributed by atoms with Gasteiger partial charge in [0.1, 0.15) is 0 Å². The van der Waals surface area contributed by atoms with Crippen molar-refractivity contribution in [3.63, 3.8) is 0 Å². The molecule has 2 N–H and O–H groups in total. The van der Waals surface area contributed by atoms with Crippen molar-refractivity contribution in [3.05, 3.63) is 0 Å². The molecule has 13 heavy (non-hydrogen) atoms. The van der Waals surface area contributed by atoms with Crippen LogP contribution in [0.3, 0.4) is 0 Å². The first-order valence-electron chi connectivity index (χ1n) is 4.64. The van der Waals surface area contributed by atoms with Gasteiger partial charge in [-0.25, -0.2) is 0 Å². The monoisotopic (exact) mass is 187 g/mol. The van der Waals surface area contributed by atoms with Crippen LogP contribution in [0.1, 0.15) is 19.3 Å². The number of carbonyl (C=O) groups is 1. The molecule has 1 saturated carbocycles. The van der Waals surface area contributed by atoms with Crippen molar-refractivity contribution in [2.75, 3.05) is 20.3 Å². The standard InChI is InChI=1S/C9H17NO3/c1-12-9(11)2-3-13-8-4-7(5-8)6-10/h7-8H,2-6,10H2,1H3. The van der Waals surface area contributed by atoms with Gasteiger partial charge in [0.25, 0.3) is 0 Å². The van der Waals surface area contributed by atoms with Crippen molar-refractivity contribution < 1.29 is 14.3 Å². The first-order chi connectivity index (χ1) is 6.26. The van der Waals surface area contributed by atoms with E-state index in [4.69, 9.17) is 10.5 Å². The second-order valence-corrected chi connectivity index (χ2v) is 3.39. The topological polar surface area (TPSA) is 61.5 Å². The van der Waals surface area contributed by atoms with Gasteiger partial charge in [0.15, 0.2) is 0 Å². The summed E-state index contributed by atoms with van der Waals surface area (Å²) in [6, 6.07) is 0. The number of ether oxygens (including phenoxy) is 2. The Morgan fingerprint density at radius 2 is 2.23 bits per heavy atom. The molecule has 0 aliphatic heterocycles. The summed E-state index contributed by atoms with van der Waals surface area (Å²) in [6.07, 6.45) is 2.74. The van der Waals surface area contributed by atoms with Crippen molar-refractivity contribution in [1.29, 1.82) is 0 Å². The number of methoxy groups -OCH3 is 1. The van der Waals surface area contributed by atoms with Gasteiger partial charge in [-0.3, -0.25) is 4.79 Å². The summed E-state index contributed by atoms with van der Waals surface area (Å²) >= 11 is 0. The van der Waals surface area contributed by atoms with Crippen molar-refractivity contribution in [1.82, 2.24) is 0 Å². The largest absolute Gasteiger partial charge is 0.469 e. The molecule has 0 spiro atoms. The van der Waals surface area contributed by atoms with Crippen LogP contribution in [0.15, 0.2) is 0 Å². The minimum absolute atomic E-state index is 0.213. The fourth-order valence-electron chi connectivity index (χ4n) is 1.41. The van der Waals surface area contributed by atoms with Crippen LogP contribution in [-0.4, -0.2) is 32.3 Å². The first-order valence-corrected chi connectivity index (χ1v) is 4.64. The fourth-order valence-corrected chi connectivity index (χ4v) is 1.41. The Morgan fingerprint density at radius 1 is 1.54 bits per heavy atom. The number of hydrogen-bond donors (Lipinski definition) is 1. The smallest absolute Gasteiger partial charge is 0.307 e. The van der Waals surface area contributed by atoms with Crippen molar-refractivity contribution in [2.24, 2.45) is 11.7 Å². The third kappa shape index (κ3) is 3.32. The molecule has 0 atom stereocenters. The fraction of sp³-hybridized carbons (Fsp3) is 0.889. The molecule has 0 amide bonds. The third-order valence-electron chi connectivity index (χ3n) is 2.41. The van der Waals surface area contributed by atoms with E-state index in [-0.39, 0.29) is 5.97 Å². The molecule has 1 fully saturated rings. The van der Waals surface area contributed by atoms with Gasteiger partial charge in [0.2, 0.25) is 0 Å². The molecule has 0 heterocycles. The molecule has 0 aromatic carbocycles. The minimum atomic E-state index is -0.213. The lowest BCUT2D eigenvalue weighted by Crippen LogP contribution is -2.36. The maximum atomic E-state index is 10.7. The number of carbonyl (C=O) groups excluding carboxylic acids is 1. The maximum Gasteiger partial charge on any atom is 0.307 e. The van der Waals surface area contributed by atoms with Crippen LogP contribution in [0.25, 0.3) is 0 Å². The highest BCUT2D eigenvalue weighted by molar-refractivity contribution is 5.69. The van der Waals surface area contributed by atoms with Gasteiger partial charge < -0.3 is 15.2 Å². The molecule has 76 valence electrons. The Kier molecular flexibility index (Phi) is 4.18. The Balaban J connectivity index is 1.93. The van der Waals surface area contributed by atoms with Crippen LogP contribution in [0.2, 0.25) is 0 Å². The summed E-state index contributed by atoms with van der Waals surface area (Å²) in [4.78, 5) is 10.7. The van der Waals surface area contributed by atoms with E-state index in [1.165, 1.54) is 7.11 Å². The van der Waals surface area contributed by atoms with Gasteiger partial charge in [-0.1, -0.05) is 0 Å². The van der Waals surface area contributed by atoms with E-state index >= 15 is 0 Å². The van der Waals surface area contributed by atoms with Crippen LogP contribution in [0.5, 0.6) is 0 Å². The summed E-state index contributed by atoms with van der Waals surface area (Å²) in [5, 5.41) is 0.